The van der Waals surface area contributed by atoms with Crippen LogP contribution >= 0.6 is 22.9 Å². The van der Waals surface area contributed by atoms with Gasteiger partial charge in [0.15, 0.2) is 10.5 Å². The molecular formula is C4H5BClF4NS. The van der Waals surface area contributed by atoms with Gasteiger partial charge in [-0.3, -0.25) is 0 Å². The van der Waals surface area contributed by atoms with E-state index in [0.717, 1.165) is 4.34 Å². The summed E-state index contributed by atoms with van der Waals surface area (Å²) >= 11 is 7.09. The van der Waals surface area contributed by atoms with Crippen molar-refractivity contribution >= 4 is 30.2 Å². The summed E-state index contributed by atoms with van der Waals surface area (Å²) in [6.07, 6.45) is 1.87. The molecule has 70 valence electrons. The van der Waals surface area contributed by atoms with Crippen LogP contribution in [0.25, 0.3) is 0 Å². The van der Waals surface area contributed by atoms with Gasteiger partial charge in [-0.05, 0) is 0 Å². The van der Waals surface area contributed by atoms with E-state index in [9.17, 15) is 17.3 Å². The number of hydrogen-bond acceptors (Lipinski definition) is 1. The Morgan fingerprint density at radius 2 is 1.83 bits per heavy atom. The molecule has 0 amide bonds. The molecule has 0 aliphatic carbocycles. The average molecular weight is 221 g/mol. The lowest BCUT2D eigenvalue weighted by Crippen LogP contribution is -2.22. The van der Waals surface area contributed by atoms with Crippen molar-refractivity contribution < 1.29 is 21.8 Å². The monoisotopic (exact) mass is 221 g/mol. The molecule has 0 saturated heterocycles. The molecule has 0 N–H and O–H groups in total. The van der Waals surface area contributed by atoms with E-state index in [2.05, 4.69) is 0 Å². The van der Waals surface area contributed by atoms with Crippen molar-refractivity contribution in [2.75, 3.05) is 0 Å². The minimum atomic E-state index is -6.00. The molecule has 0 aliphatic heterocycles. The van der Waals surface area contributed by atoms with Crippen molar-refractivity contribution in [2.24, 2.45) is 7.05 Å². The van der Waals surface area contributed by atoms with E-state index in [1.807, 2.05) is 23.3 Å². The van der Waals surface area contributed by atoms with Crippen molar-refractivity contribution in [3.05, 3.63) is 16.0 Å². The number of aryl methyl sites for hydroxylation is 1. The first-order chi connectivity index (χ1) is 5.29. The molecule has 1 rings (SSSR count). The summed E-state index contributed by atoms with van der Waals surface area (Å²) in [4.78, 5) is 0. The molecule has 0 aromatic carbocycles. The van der Waals surface area contributed by atoms with E-state index in [4.69, 9.17) is 11.6 Å². The number of thiazole rings is 1. The van der Waals surface area contributed by atoms with Crippen LogP contribution in [0.4, 0.5) is 17.3 Å². The van der Waals surface area contributed by atoms with Crippen LogP contribution < -0.4 is 4.57 Å². The Balaban J connectivity index is 0.000000217. The van der Waals surface area contributed by atoms with E-state index >= 15 is 0 Å². The number of halogens is 5. The van der Waals surface area contributed by atoms with Gasteiger partial charge in [0.1, 0.15) is 7.05 Å². The first-order valence-electron chi connectivity index (χ1n) is 2.75. The van der Waals surface area contributed by atoms with Crippen LogP contribution in [0.2, 0.25) is 4.34 Å². The zero-order valence-electron chi connectivity index (χ0n) is 5.98. The van der Waals surface area contributed by atoms with Crippen LogP contribution in [0.5, 0.6) is 0 Å². The third kappa shape index (κ3) is 9.70. The second-order valence-corrected chi connectivity index (χ2v) is 3.33. The Morgan fingerprint density at radius 1 is 1.42 bits per heavy atom. The first kappa shape index (κ1) is 11.7. The predicted molar refractivity (Wildman–Crippen MR) is 40.7 cm³/mol. The highest BCUT2D eigenvalue weighted by molar-refractivity contribution is 7.13. The highest BCUT2D eigenvalue weighted by Gasteiger charge is 2.20. The van der Waals surface area contributed by atoms with Crippen molar-refractivity contribution in [1.82, 2.24) is 0 Å². The lowest BCUT2D eigenvalue weighted by molar-refractivity contribution is -0.666. The van der Waals surface area contributed by atoms with Gasteiger partial charge in [0.05, 0.1) is 0 Å². The summed E-state index contributed by atoms with van der Waals surface area (Å²) in [5.74, 6) is 0. The van der Waals surface area contributed by atoms with E-state index < -0.39 is 7.25 Å². The molecule has 8 heteroatoms. The van der Waals surface area contributed by atoms with Crippen LogP contribution in [0.3, 0.4) is 0 Å². The maximum Gasteiger partial charge on any atom is 0.673 e. The van der Waals surface area contributed by atoms with Crippen LogP contribution in [0, 0.1) is 0 Å². The second-order valence-electron chi connectivity index (χ2n) is 1.82. The molecule has 0 aliphatic rings. The van der Waals surface area contributed by atoms with Crippen molar-refractivity contribution in [2.45, 2.75) is 0 Å². The molecule has 0 unspecified atom stereocenters. The van der Waals surface area contributed by atoms with Crippen LogP contribution in [-0.2, 0) is 7.05 Å². The molecule has 1 nitrogen and oxygen atoms in total. The zero-order chi connectivity index (χ0) is 9.78. The molecule has 0 saturated carbocycles. The van der Waals surface area contributed by atoms with Crippen molar-refractivity contribution in [3.8, 4) is 0 Å². The maximum atomic E-state index is 9.75. The third-order valence-corrected chi connectivity index (χ3v) is 1.77. The smallest absolute Gasteiger partial charge is 0.418 e. The Morgan fingerprint density at radius 3 is 1.92 bits per heavy atom. The summed E-state index contributed by atoms with van der Waals surface area (Å²) in [5.41, 5.74) is 1.95. The molecule has 1 heterocycles. The van der Waals surface area contributed by atoms with E-state index in [-0.39, 0.29) is 0 Å². The predicted octanol–water partition coefficient (Wildman–Crippen LogP) is 2.53. The molecule has 1 aromatic rings. The Hall–Kier alpha value is -0.295. The van der Waals surface area contributed by atoms with E-state index in [1.54, 1.807) is 0 Å². The van der Waals surface area contributed by atoms with Gasteiger partial charge in [-0.15, -0.1) is 0 Å². The quantitative estimate of drug-likeness (QED) is 0.360. The van der Waals surface area contributed by atoms with Gasteiger partial charge in [0, 0.05) is 0 Å². The topological polar surface area (TPSA) is 3.88 Å². The Labute approximate surface area is 75.7 Å². The van der Waals surface area contributed by atoms with E-state index in [0.29, 0.717) is 0 Å². The van der Waals surface area contributed by atoms with Crippen LogP contribution in [-0.4, -0.2) is 7.25 Å². The molecule has 0 atom stereocenters. The summed E-state index contributed by atoms with van der Waals surface area (Å²) < 4.78 is 41.8. The number of aromatic nitrogens is 1. The number of hydrogen-bond donors (Lipinski definition) is 0. The van der Waals surface area contributed by atoms with Gasteiger partial charge in [-0.1, -0.05) is 22.9 Å². The molecular weight excluding hydrogens is 216 g/mol. The minimum absolute atomic E-state index is 0.836. The lowest BCUT2D eigenvalue weighted by Gasteiger charge is -1.94. The normalized spacial score (nSPS) is 10.5. The number of rotatable bonds is 0. The van der Waals surface area contributed by atoms with Gasteiger partial charge in [-0.2, -0.15) is 4.57 Å². The minimum Gasteiger partial charge on any atom is -0.418 e. The Bertz CT molecular complexity index is 215. The molecule has 0 radical (unpaired) electrons. The van der Waals surface area contributed by atoms with Gasteiger partial charge < -0.3 is 17.3 Å². The SMILES string of the molecule is C[n+]1csc(Cl)c1.F[B-](F)(F)F. The average Bonchev–Trinajstić information content (AvgIpc) is 2.09. The summed E-state index contributed by atoms with van der Waals surface area (Å²) in [6, 6.07) is 0. The fourth-order valence-electron chi connectivity index (χ4n) is 0.354. The highest BCUT2D eigenvalue weighted by atomic mass is 35.5. The molecule has 0 bridgehead atoms. The molecule has 1 aromatic heterocycles. The summed E-state index contributed by atoms with van der Waals surface area (Å²) in [7, 11) is -4.05. The fraction of sp³-hybridized carbons (Fsp3) is 0.250. The largest absolute Gasteiger partial charge is 0.673 e. The van der Waals surface area contributed by atoms with Crippen LogP contribution in [0.15, 0.2) is 11.7 Å². The van der Waals surface area contributed by atoms with Crippen molar-refractivity contribution in [3.63, 3.8) is 0 Å². The summed E-state index contributed by atoms with van der Waals surface area (Å²) in [6.45, 7) is 0. The fourth-order valence-corrected chi connectivity index (χ4v) is 1.18. The molecule has 12 heavy (non-hydrogen) atoms. The highest BCUT2D eigenvalue weighted by Crippen LogP contribution is 2.09. The summed E-state index contributed by atoms with van der Waals surface area (Å²) in [5, 5.41) is 0. The van der Waals surface area contributed by atoms with Gasteiger partial charge >= 0.3 is 7.25 Å². The van der Waals surface area contributed by atoms with Gasteiger partial charge in [0.25, 0.3) is 0 Å². The standard InChI is InChI=1S/C4H5ClNS.BF4/c1-6-2-4(5)7-3-6;2-1(3,4)5/h2-3H,1H3;/q+1;-1. The molecule has 0 fully saturated rings. The number of nitrogens with zero attached hydrogens (tertiary/aromatic N) is 1. The first-order valence-corrected chi connectivity index (χ1v) is 4.01. The second kappa shape index (κ2) is 4.66. The van der Waals surface area contributed by atoms with Gasteiger partial charge in [0.2, 0.25) is 5.51 Å². The van der Waals surface area contributed by atoms with E-state index in [1.165, 1.54) is 11.3 Å². The maximum absolute atomic E-state index is 9.75. The van der Waals surface area contributed by atoms with Gasteiger partial charge in [-0.25, -0.2) is 0 Å². The molecule has 0 spiro atoms. The zero-order valence-corrected chi connectivity index (χ0v) is 7.55. The Kier molecular flexibility index (Phi) is 4.55. The van der Waals surface area contributed by atoms with Crippen LogP contribution in [0.1, 0.15) is 0 Å². The lowest BCUT2D eigenvalue weighted by atomic mass is 10.3. The van der Waals surface area contributed by atoms with Crippen molar-refractivity contribution in [1.29, 1.82) is 0 Å². The third-order valence-electron chi connectivity index (χ3n) is 0.637.